The van der Waals surface area contributed by atoms with Crippen molar-refractivity contribution in [3.05, 3.63) is 72.1 Å². The van der Waals surface area contributed by atoms with E-state index in [4.69, 9.17) is 9.47 Å². The Bertz CT molecular complexity index is 946. The van der Waals surface area contributed by atoms with Gasteiger partial charge < -0.3 is 19.7 Å². The maximum Gasteiger partial charge on any atom is 0.257 e. The number of aromatic nitrogens is 2. The Morgan fingerprint density at radius 1 is 1.03 bits per heavy atom. The lowest BCUT2D eigenvalue weighted by atomic mass is 10.2. The zero-order valence-corrected chi connectivity index (χ0v) is 16.8. The monoisotopic (exact) mass is 392 g/mol. The molecule has 1 amide bonds. The molecule has 0 fully saturated rings. The highest BCUT2D eigenvalue weighted by Crippen LogP contribution is 2.30. The van der Waals surface area contributed by atoms with E-state index in [0.717, 1.165) is 5.56 Å². The molecule has 150 valence electrons. The molecule has 0 unspecified atom stereocenters. The molecule has 0 bridgehead atoms. The number of hydrogen-bond donors (Lipinski definition) is 1. The Labute approximate surface area is 170 Å². The number of ether oxygens (including phenoxy) is 2. The Hall–Kier alpha value is -3.61. The number of anilines is 2. The molecule has 29 heavy (non-hydrogen) atoms. The number of benzene rings is 2. The molecule has 3 aromatic rings. The standard InChI is InChI=1S/C22H24N4O3/c1-4-26(15-16-8-6-5-7-9-16)21(27)17-13-23-22(24-14-17)25-19-11-10-18(28-2)12-20(19)29-3/h5-14H,4,15H2,1-3H3,(H,23,24,25). The SMILES string of the molecule is CCN(Cc1ccccc1)C(=O)c1cnc(Nc2ccc(OC)cc2OC)nc1. The summed E-state index contributed by atoms with van der Waals surface area (Å²) in [5.74, 6) is 1.56. The summed E-state index contributed by atoms with van der Waals surface area (Å²) in [4.78, 5) is 23.1. The molecule has 0 aliphatic carbocycles. The van der Waals surface area contributed by atoms with Crippen LogP contribution in [0.2, 0.25) is 0 Å². The number of rotatable bonds is 8. The minimum atomic E-state index is -0.107. The molecule has 2 aromatic carbocycles. The van der Waals surface area contributed by atoms with Gasteiger partial charge in [0.1, 0.15) is 11.5 Å². The van der Waals surface area contributed by atoms with Crippen molar-refractivity contribution in [1.82, 2.24) is 14.9 Å². The lowest BCUT2D eigenvalue weighted by molar-refractivity contribution is 0.0751. The average molecular weight is 392 g/mol. The Balaban J connectivity index is 1.71. The Morgan fingerprint density at radius 2 is 1.76 bits per heavy atom. The largest absolute Gasteiger partial charge is 0.497 e. The van der Waals surface area contributed by atoms with Crippen LogP contribution >= 0.6 is 0 Å². The lowest BCUT2D eigenvalue weighted by Gasteiger charge is -2.21. The first-order chi connectivity index (χ1) is 14.1. The van der Waals surface area contributed by atoms with E-state index in [1.165, 1.54) is 12.4 Å². The molecule has 1 aromatic heterocycles. The first-order valence-electron chi connectivity index (χ1n) is 9.29. The fourth-order valence-electron chi connectivity index (χ4n) is 2.84. The summed E-state index contributed by atoms with van der Waals surface area (Å²) in [6.45, 7) is 3.09. The molecule has 0 radical (unpaired) electrons. The molecule has 3 rings (SSSR count). The quantitative estimate of drug-likeness (QED) is 0.627. The van der Waals surface area contributed by atoms with E-state index in [0.29, 0.717) is 41.8 Å². The van der Waals surface area contributed by atoms with Crippen LogP contribution in [0, 0.1) is 0 Å². The molecule has 1 heterocycles. The molecule has 0 spiro atoms. The molecule has 0 atom stereocenters. The van der Waals surface area contributed by atoms with Crippen molar-refractivity contribution in [2.75, 3.05) is 26.1 Å². The summed E-state index contributed by atoms with van der Waals surface area (Å²) in [6, 6.07) is 15.3. The fraction of sp³-hybridized carbons (Fsp3) is 0.227. The average Bonchev–Trinajstić information content (AvgIpc) is 2.78. The van der Waals surface area contributed by atoms with Gasteiger partial charge in [-0.05, 0) is 24.6 Å². The zero-order chi connectivity index (χ0) is 20.6. The van der Waals surface area contributed by atoms with Crippen LogP contribution in [-0.2, 0) is 6.54 Å². The van der Waals surface area contributed by atoms with Gasteiger partial charge in [0.2, 0.25) is 5.95 Å². The van der Waals surface area contributed by atoms with Gasteiger partial charge in [0.15, 0.2) is 0 Å². The molecule has 0 saturated carbocycles. The number of carbonyl (C=O) groups excluding carboxylic acids is 1. The van der Waals surface area contributed by atoms with E-state index in [1.807, 2.05) is 49.4 Å². The Kier molecular flexibility index (Phi) is 6.63. The van der Waals surface area contributed by atoms with E-state index < -0.39 is 0 Å². The van der Waals surface area contributed by atoms with Gasteiger partial charge in [-0.15, -0.1) is 0 Å². The second-order valence-electron chi connectivity index (χ2n) is 6.29. The first-order valence-corrected chi connectivity index (χ1v) is 9.29. The van der Waals surface area contributed by atoms with Crippen molar-refractivity contribution in [3.8, 4) is 11.5 Å². The van der Waals surface area contributed by atoms with Crippen molar-refractivity contribution in [1.29, 1.82) is 0 Å². The third kappa shape index (κ3) is 5.01. The summed E-state index contributed by atoms with van der Waals surface area (Å²) in [5.41, 5.74) is 2.22. The van der Waals surface area contributed by atoms with Gasteiger partial charge in [-0.25, -0.2) is 9.97 Å². The van der Waals surface area contributed by atoms with Gasteiger partial charge in [-0.3, -0.25) is 4.79 Å². The minimum absolute atomic E-state index is 0.107. The van der Waals surface area contributed by atoms with Crippen molar-refractivity contribution in [2.45, 2.75) is 13.5 Å². The number of nitrogens with one attached hydrogen (secondary N) is 1. The maximum absolute atomic E-state index is 12.8. The lowest BCUT2D eigenvalue weighted by Crippen LogP contribution is -2.30. The minimum Gasteiger partial charge on any atom is -0.497 e. The van der Waals surface area contributed by atoms with Gasteiger partial charge in [-0.1, -0.05) is 30.3 Å². The normalized spacial score (nSPS) is 10.3. The van der Waals surface area contributed by atoms with Gasteiger partial charge >= 0.3 is 0 Å². The molecule has 0 saturated heterocycles. The second kappa shape index (κ2) is 9.54. The van der Waals surface area contributed by atoms with E-state index in [2.05, 4.69) is 15.3 Å². The highest BCUT2D eigenvalue weighted by molar-refractivity contribution is 5.93. The second-order valence-corrected chi connectivity index (χ2v) is 6.29. The summed E-state index contributed by atoms with van der Waals surface area (Å²) >= 11 is 0. The third-order valence-corrected chi connectivity index (χ3v) is 4.44. The number of amides is 1. The Morgan fingerprint density at radius 3 is 2.38 bits per heavy atom. The van der Waals surface area contributed by atoms with E-state index in [1.54, 1.807) is 25.2 Å². The van der Waals surface area contributed by atoms with Gasteiger partial charge in [0.05, 0.1) is 25.5 Å². The highest BCUT2D eigenvalue weighted by Gasteiger charge is 2.16. The van der Waals surface area contributed by atoms with E-state index in [-0.39, 0.29) is 5.91 Å². The zero-order valence-electron chi connectivity index (χ0n) is 16.8. The van der Waals surface area contributed by atoms with Crippen LogP contribution in [0.1, 0.15) is 22.8 Å². The molecule has 0 aliphatic heterocycles. The van der Waals surface area contributed by atoms with Crippen LogP contribution in [0.25, 0.3) is 0 Å². The van der Waals surface area contributed by atoms with E-state index >= 15 is 0 Å². The molecular formula is C22H24N4O3. The molecule has 7 heteroatoms. The highest BCUT2D eigenvalue weighted by atomic mass is 16.5. The molecule has 7 nitrogen and oxygen atoms in total. The van der Waals surface area contributed by atoms with E-state index in [9.17, 15) is 4.79 Å². The predicted octanol–water partition coefficient (Wildman–Crippen LogP) is 3.90. The maximum atomic E-state index is 12.8. The summed E-state index contributed by atoms with van der Waals surface area (Å²) in [6.07, 6.45) is 3.06. The number of methoxy groups -OCH3 is 2. The van der Waals surface area contributed by atoms with Crippen LogP contribution in [0.15, 0.2) is 60.9 Å². The van der Waals surface area contributed by atoms with Crippen LogP contribution in [0.3, 0.4) is 0 Å². The molecule has 1 N–H and O–H groups in total. The number of carbonyl (C=O) groups is 1. The first kappa shape index (κ1) is 20.1. The fourth-order valence-corrected chi connectivity index (χ4v) is 2.84. The smallest absolute Gasteiger partial charge is 0.257 e. The van der Waals surface area contributed by atoms with Crippen LogP contribution in [0.4, 0.5) is 11.6 Å². The van der Waals surface area contributed by atoms with Gasteiger partial charge in [0.25, 0.3) is 5.91 Å². The third-order valence-electron chi connectivity index (χ3n) is 4.44. The molecular weight excluding hydrogens is 368 g/mol. The van der Waals surface area contributed by atoms with Crippen molar-refractivity contribution in [2.24, 2.45) is 0 Å². The van der Waals surface area contributed by atoms with Crippen molar-refractivity contribution >= 4 is 17.5 Å². The van der Waals surface area contributed by atoms with Crippen LogP contribution in [-0.4, -0.2) is 41.5 Å². The molecule has 0 aliphatic rings. The summed E-state index contributed by atoms with van der Waals surface area (Å²) in [7, 11) is 3.17. The predicted molar refractivity (Wildman–Crippen MR) is 112 cm³/mol. The number of hydrogen-bond acceptors (Lipinski definition) is 6. The topological polar surface area (TPSA) is 76.6 Å². The van der Waals surface area contributed by atoms with Crippen LogP contribution in [0.5, 0.6) is 11.5 Å². The van der Waals surface area contributed by atoms with Crippen molar-refractivity contribution in [3.63, 3.8) is 0 Å². The summed E-state index contributed by atoms with van der Waals surface area (Å²) < 4.78 is 10.6. The van der Waals surface area contributed by atoms with Gasteiger partial charge in [0, 0.05) is 31.5 Å². The van der Waals surface area contributed by atoms with Gasteiger partial charge in [-0.2, -0.15) is 0 Å². The van der Waals surface area contributed by atoms with Crippen molar-refractivity contribution < 1.29 is 14.3 Å². The number of nitrogens with zero attached hydrogens (tertiary/aromatic N) is 3. The summed E-state index contributed by atoms with van der Waals surface area (Å²) in [5, 5.41) is 3.10. The van der Waals surface area contributed by atoms with Crippen LogP contribution < -0.4 is 14.8 Å².